The number of hydrogen-bond acceptors (Lipinski definition) is 5. The lowest BCUT2D eigenvalue weighted by Gasteiger charge is -2.29. The Morgan fingerprint density at radius 3 is 2.24 bits per heavy atom. The Morgan fingerprint density at radius 2 is 1.71 bits per heavy atom. The van der Waals surface area contributed by atoms with Crippen molar-refractivity contribution in [1.29, 1.82) is 0 Å². The number of benzene rings is 1. The van der Waals surface area contributed by atoms with E-state index in [1.54, 1.807) is 26.0 Å². The van der Waals surface area contributed by atoms with Crippen molar-refractivity contribution in [3.05, 3.63) is 29.8 Å². The van der Waals surface area contributed by atoms with Crippen molar-refractivity contribution in [3.8, 4) is 0 Å². The molecule has 21 heavy (non-hydrogen) atoms. The first-order valence-corrected chi connectivity index (χ1v) is 7.07. The van der Waals surface area contributed by atoms with Crippen LogP contribution >= 0.6 is 0 Å². The number of rotatable bonds is 4. The Hall–Kier alpha value is -1.88. The summed E-state index contributed by atoms with van der Waals surface area (Å²) in [6, 6.07) is 7.39. The summed E-state index contributed by atoms with van der Waals surface area (Å²) in [7, 11) is 0. The third kappa shape index (κ3) is 3.82. The minimum atomic E-state index is -1.15. The number of carbonyl (C=O) groups is 2. The summed E-state index contributed by atoms with van der Waals surface area (Å²) in [5.74, 6) is -0.662. The van der Waals surface area contributed by atoms with Crippen LogP contribution in [0, 0.1) is 0 Å². The minimum absolute atomic E-state index is 0.203. The Labute approximate surface area is 124 Å². The lowest BCUT2D eigenvalue weighted by molar-refractivity contribution is -0.149. The smallest absolute Gasteiger partial charge is 0.303 e. The van der Waals surface area contributed by atoms with Gasteiger partial charge >= 0.3 is 5.97 Å². The molecule has 5 nitrogen and oxygen atoms in total. The predicted molar refractivity (Wildman–Crippen MR) is 79.6 cm³/mol. The van der Waals surface area contributed by atoms with E-state index in [9.17, 15) is 9.59 Å². The van der Waals surface area contributed by atoms with Crippen molar-refractivity contribution in [2.24, 2.45) is 0 Å². The summed E-state index contributed by atoms with van der Waals surface area (Å²) in [6.45, 7) is 7.66. The molecule has 1 aromatic carbocycles. The molecule has 2 rings (SSSR count). The molecule has 0 amide bonds. The summed E-state index contributed by atoms with van der Waals surface area (Å²) >= 11 is 0. The molecule has 114 valence electrons. The van der Waals surface area contributed by atoms with E-state index in [2.05, 4.69) is 4.90 Å². The van der Waals surface area contributed by atoms with Crippen molar-refractivity contribution in [3.63, 3.8) is 0 Å². The Balaban J connectivity index is 2.10. The highest BCUT2D eigenvalue weighted by Crippen LogP contribution is 2.21. The van der Waals surface area contributed by atoms with Crippen molar-refractivity contribution < 1.29 is 19.1 Å². The monoisotopic (exact) mass is 291 g/mol. The molecular weight excluding hydrogens is 270 g/mol. The first-order valence-electron chi connectivity index (χ1n) is 7.07. The van der Waals surface area contributed by atoms with Gasteiger partial charge in [0.1, 0.15) is 0 Å². The maximum Gasteiger partial charge on any atom is 0.303 e. The molecular formula is C16H21NO4. The van der Waals surface area contributed by atoms with Gasteiger partial charge in [-0.05, 0) is 38.1 Å². The van der Waals surface area contributed by atoms with Crippen molar-refractivity contribution in [2.75, 3.05) is 31.2 Å². The van der Waals surface area contributed by atoms with E-state index in [4.69, 9.17) is 9.47 Å². The van der Waals surface area contributed by atoms with E-state index in [-0.39, 0.29) is 5.78 Å². The van der Waals surface area contributed by atoms with Gasteiger partial charge in [-0.3, -0.25) is 9.59 Å². The fraction of sp³-hybridized carbons (Fsp3) is 0.500. The zero-order chi connectivity index (χ0) is 15.5. The fourth-order valence-corrected chi connectivity index (χ4v) is 2.40. The predicted octanol–water partition coefficient (Wildman–Crippen LogP) is 2.05. The summed E-state index contributed by atoms with van der Waals surface area (Å²) in [6.07, 6.45) is 0. The average molecular weight is 291 g/mol. The highest BCUT2D eigenvalue weighted by Gasteiger charge is 2.31. The molecule has 0 N–H and O–H groups in total. The summed E-state index contributed by atoms with van der Waals surface area (Å²) in [4.78, 5) is 25.7. The molecule has 1 aliphatic rings. The molecule has 0 radical (unpaired) electrons. The fourth-order valence-electron chi connectivity index (χ4n) is 2.40. The van der Waals surface area contributed by atoms with E-state index in [0.717, 1.165) is 32.0 Å². The van der Waals surface area contributed by atoms with E-state index in [1.165, 1.54) is 6.92 Å². The van der Waals surface area contributed by atoms with Gasteiger partial charge in [-0.1, -0.05) is 0 Å². The van der Waals surface area contributed by atoms with Crippen LogP contribution in [0.3, 0.4) is 0 Å². The highest BCUT2D eigenvalue weighted by atomic mass is 16.6. The first kappa shape index (κ1) is 15.5. The van der Waals surface area contributed by atoms with Crippen LogP contribution in [-0.4, -0.2) is 43.7 Å². The van der Waals surface area contributed by atoms with Crippen LogP contribution in [-0.2, 0) is 14.3 Å². The number of ether oxygens (including phenoxy) is 2. The molecule has 0 saturated carbocycles. The van der Waals surface area contributed by atoms with Gasteiger partial charge in [0, 0.05) is 31.3 Å². The van der Waals surface area contributed by atoms with Crippen LogP contribution in [0.4, 0.5) is 5.69 Å². The molecule has 0 bridgehead atoms. The second kappa shape index (κ2) is 6.26. The Kier molecular flexibility index (Phi) is 4.63. The van der Waals surface area contributed by atoms with E-state index >= 15 is 0 Å². The van der Waals surface area contributed by atoms with Crippen molar-refractivity contribution in [2.45, 2.75) is 26.4 Å². The van der Waals surface area contributed by atoms with Gasteiger partial charge in [0.25, 0.3) is 0 Å². The molecule has 0 aromatic heterocycles. The van der Waals surface area contributed by atoms with Gasteiger partial charge in [-0.15, -0.1) is 0 Å². The number of morpholine rings is 1. The number of ketones is 1. The van der Waals surface area contributed by atoms with Gasteiger partial charge in [0.05, 0.1) is 13.2 Å². The summed E-state index contributed by atoms with van der Waals surface area (Å²) < 4.78 is 10.4. The standard InChI is InChI=1S/C16H21NO4/c1-12(18)21-16(2,3)15(19)13-4-6-14(7-5-13)17-8-10-20-11-9-17/h4-7H,8-11H2,1-3H3. The molecule has 1 aromatic rings. The van der Waals surface area contributed by atoms with Crippen LogP contribution in [0.25, 0.3) is 0 Å². The van der Waals surface area contributed by atoms with Gasteiger partial charge in [-0.25, -0.2) is 0 Å². The van der Waals surface area contributed by atoms with Crippen LogP contribution in [0.1, 0.15) is 31.1 Å². The zero-order valence-electron chi connectivity index (χ0n) is 12.7. The minimum Gasteiger partial charge on any atom is -0.451 e. The third-order valence-electron chi connectivity index (χ3n) is 3.45. The topological polar surface area (TPSA) is 55.8 Å². The first-order chi connectivity index (χ1) is 9.90. The lowest BCUT2D eigenvalue weighted by Crippen LogP contribution is -2.37. The summed E-state index contributed by atoms with van der Waals surface area (Å²) in [5, 5.41) is 0. The van der Waals surface area contributed by atoms with Crippen LogP contribution in [0.15, 0.2) is 24.3 Å². The second-order valence-electron chi connectivity index (χ2n) is 5.58. The lowest BCUT2D eigenvalue weighted by atomic mass is 9.96. The van der Waals surface area contributed by atoms with Gasteiger partial charge in [-0.2, -0.15) is 0 Å². The molecule has 0 aliphatic carbocycles. The van der Waals surface area contributed by atoms with Crippen LogP contribution < -0.4 is 4.90 Å². The van der Waals surface area contributed by atoms with Crippen LogP contribution in [0.5, 0.6) is 0 Å². The highest BCUT2D eigenvalue weighted by molar-refractivity contribution is 6.03. The van der Waals surface area contributed by atoms with Crippen molar-refractivity contribution in [1.82, 2.24) is 0 Å². The number of carbonyl (C=O) groups excluding carboxylic acids is 2. The maximum absolute atomic E-state index is 12.4. The van der Waals surface area contributed by atoms with Crippen molar-refractivity contribution >= 4 is 17.4 Å². The summed E-state index contributed by atoms with van der Waals surface area (Å²) in [5.41, 5.74) is 0.463. The Morgan fingerprint density at radius 1 is 1.14 bits per heavy atom. The number of anilines is 1. The molecule has 1 saturated heterocycles. The Bertz CT molecular complexity index is 516. The quantitative estimate of drug-likeness (QED) is 0.627. The largest absolute Gasteiger partial charge is 0.451 e. The van der Waals surface area contributed by atoms with Crippen LogP contribution in [0.2, 0.25) is 0 Å². The zero-order valence-corrected chi connectivity index (χ0v) is 12.7. The molecule has 1 aliphatic heterocycles. The molecule has 0 spiro atoms. The average Bonchev–Trinajstić information content (AvgIpc) is 2.46. The van der Waals surface area contributed by atoms with E-state index in [0.29, 0.717) is 5.56 Å². The number of hydrogen-bond donors (Lipinski definition) is 0. The number of esters is 1. The van der Waals surface area contributed by atoms with Gasteiger partial charge in [0.2, 0.25) is 5.78 Å². The van der Waals surface area contributed by atoms with E-state index < -0.39 is 11.6 Å². The second-order valence-corrected chi connectivity index (χ2v) is 5.58. The number of Topliss-reactive ketones (excluding diaryl/α,β-unsaturated/α-hetero) is 1. The molecule has 1 heterocycles. The SMILES string of the molecule is CC(=O)OC(C)(C)C(=O)c1ccc(N2CCOCC2)cc1. The molecule has 0 atom stereocenters. The maximum atomic E-state index is 12.4. The third-order valence-corrected chi connectivity index (χ3v) is 3.45. The molecule has 1 fully saturated rings. The normalized spacial score (nSPS) is 15.7. The molecule has 5 heteroatoms. The number of nitrogens with zero attached hydrogens (tertiary/aromatic N) is 1. The van der Waals surface area contributed by atoms with E-state index in [1.807, 2.05) is 12.1 Å². The van der Waals surface area contributed by atoms with Gasteiger partial charge in [0.15, 0.2) is 5.60 Å². The van der Waals surface area contributed by atoms with Gasteiger partial charge < -0.3 is 14.4 Å². The molecule has 0 unspecified atom stereocenters.